The summed E-state index contributed by atoms with van der Waals surface area (Å²) in [6.45, 7) is 7.56. The van der Waals surface area contributed by atoms with Gasteiger partial charge in [-0.1, -0.05) is 26.1 Å². The number of nitrogens with zero attached hydrogens (tertiary/aromatic N) is 1. The predicted octanol–water partition coefficient (Wildman–Crippen LogP) is 2.24. The molecule has 5 heteroatoms. The minimum Gasteiger partial charge on any atom is -0.389 e. The first-order valence-corrected chi connectivity index (χ1v) is 7.78. The topological polar surface area (TPSA) is 58.4 Å². The second-order valence-corrected chi connectivity index (χ2v) is 6.39. The lowest BCUT2D eigenvalue weighted by Gasteiger charge is -2.15. The van der Waals surface area contributed by atoms with Gasteiger partial charge in [0.05, 0.1) is 0 Å². The number of anilines is 1. The van der Waals surface area contributed by atoms with Gasteiger partial charge in [0.25, 0.3) is 0 Å². The lowest BCUT2D eigenvalue weighted by atomic mass is 10.0. The summed E-state index contributed by atoms with van der Waals surface area (Å²) in [7, 11) is 0. The molecule has 0 aromatic heterocycles. The molecule has 0 bridgehead atoms. The molecule has 1 aromatic rings. The molecule has 0 radical (unpaired) electrons. The average Bonchev–Trinajstić information content (AvgIpc) is 2.76. The van der Waals surface area contributed by atoms with Crippen molar-refractivity contribution in [3.8, 4) is 0 Å². The van der Waals surface area contributed by atoms with Gasteiger partial charge in [0.2, 0.25) is 5.91 Å². The zero-order valence-electron chi connectivity index (χ0n) is 12.6. The monoisotopic (exact) mass is 305 g/mol. The summed E-state index contributed by atoms with van der Waals surface area (Å²) in [6.07, 6.45) is 0.524. The Morgan fingerprint density at radius 3 is 2.38 bits per heavy atom. The number of nitrogens with two attached hydrogens (primary N) is 1. The minimum absolute atomic E-state index is 0.0466. The minimum atomic E-state index is 0.0466. The number of nitrogens with one attached hydrogen (secondary N) is 1. The number of hydrogen-bond acceptors (Lipinski definition) is 3. The first-order chi connectivity index (χ1) is 9.95. The van der Waals surface area contributed by atoms with Crippen LogP contribution >= 0.6 is 12.2 Å². The molecule has 1 aliphatic heterocycles. The lowest BCUT2D eigenvalue weighted by molar-refractivity contribution is -0.116. The number of thiocarbonyl (C=S) groups is 1. The van der Waals surface area contributed by atoms with E-state index in [1.54, 1.807) is 0 Å². The molecule has 3 N–H and O–H groups in total. The van der Waals surface area contributed by atoms with Crippen molar-refractivity contribution in [1.82, 2.24) is 4.90 Å². The predicted molar refractivity (Wildman–Crippen MR) is 90.3 cm³/mol. The van der Waals surface area contributed by atoms with E-state index in [1.807, 2.05) is 24.3 Å². The molecular formula is C16H23N3OS. The van der Waals surface area contributed by atoms with Crippen LogP contribution in [0, 0.1) is 11.8 Å². The first-order valence-electron chi connectivity index (χ1n) is 7.38. The SMILES string of the molecule is CC1CN(CCC(=O)Nc2ccc(C(N)=S)cc2)CC1C. The molecular weight excluding hydrogens is 282 g/mol. The molecule has 0 spiro atoms. The standard InChI is InChI=1S/C16H23N3OS/c1-11-9-19(10-12(11)2)8-7-15(20)18-14-5-3-13(4-6-14)16(17)21/h3-6,11-12H,7-10H2,1-2H3,(H2,17,21)(H,18,20). The van der Waals surface area contributed by atoms with Gasteiger partial charge in [-0.15, -0.1) is 0 Å². The Kier molecular flexibility index (Phi) is 5.31. The number of carbonyl (C=O) groups is 1. The van der Waals surface area contributed by atoms with Gasteiger partial charge in [-0.05, 0) is 36.1 Å². The first kappa shape index (κ1) is 15.9. The third kappa shape index (κ3) is 4.51. The molecule has 1 aliphatic rings. The van der Waals surface area contributed by atoms with E-state index in [0.29, 0.717) is 11.4 Å². The van der Waals surface area contributed by atoms with Crippen molar-refractivity contribution < 1.29 is 4.79 Å². The highest BCUT2D eigenvalue weighted by Gasteiger charge is 2.25. The van der Waals surface area contributed by atoms with Crippen molar-refractivity contribution in [3.63, 3.8) is 0 Å². The van der Waals surface area contributed by atoms with Gasteiger partial charge >= 0.3 is 0 Å². The Morgan fingerprint density at radius 2 is 1.86 bits per heavy atom. The van der Waals surface area contributed by atoms with Crippen LogP contribution in [0.25, 0.3) is 0 Å². The lowest BCUT2D eigenvalue weighted by Crippen LogP contribution is -2.26. The van der Waals surface area contributed by atoms with Crippen molar-refractivity contribution in [3.05, 3.63) is 29.8 Å². The molecule has 1 saturated heterocycles. The molecule has 1 fully saturated rings. The van der Waals surface area contributed by atoms with Crippen LogP contribution in [0.2, 0.25) is 0 Å². The number of carbonyl (C=O) groups excluding carboxylic acids is 1. The highest BCUT2D eigenvalue weighted by molar-refractivity contribution is 7.80. The molecule has 0 aliphatic carbocycles. The van der Waals surface area contributed by atoms with E-state index in [2.05, 4.69) is 24.1 Å². The van der Waals surface area contributed by atoms with E-state index in [0.717, 1.165) is 42.7 Å². The summed E-state index contributed by atoms with van der Waals surface area (Å²) < 4.78 is 0. The van der Waals surface area contributed by atoms with Crippen LogP contribution < -0.4 is 11.1 Å². The maximum atomic E-state index is 12.0. The Bertz CT molecular complexity index is 505. The smallest absolute Gasteiger partial charge is 0.225 e. The quantitative estimate of drug-likeness (QED) is 0.819. The maximum Gasteiger partial charge on any atom is 0.225 e. The zero-order chi connectivity index (χ0) is 15.4. The van der Waals surface area contributed by atoms with E-state index in [-0.39, 0.29) is 5.91 Å². The summed E-state index contributed by atoms with van der Waals surface area (Å²) >= 11 is 4.90. The van der Waals surface area contributed by atoms with Gasteiger partial charge < -0.3 is 16.0 Å². The Labute approximate surface area is 131 Å². The van der Waals surface area contributed by atoms with Crippen LogP contribution in [0.5, 0.6) is 0 Å². The Balaban J connectivity index is 1.78. The third-order valence-electron chi connectivity index (χ3n) is 4.17. The second-order valence-electron chi connectivity index (χ2n) is 5.95. The van der Waals surface area contributed by atoms with Gasteiger partial charge in [0.1, 0.15) is 4.99 Å². The largest absolute Gasteiger partial charge is 0.389 e. The molecule has 2 rings (SSSR count). The van der Waals surface area contributed by atoms with Crippen LogP contribution in [0.4, 0.5) is 5.69 Å². The molecule has 1 heterocycles. The number of benzene rings is 1. The van der Waals surface area contributed by atoms with Crippen molar-refractivity contribution in [1.29, 1.82) is 0 Å². The van der Waals surface area contributed by atoms with Gasteiger partial charge in [-0.2, -0.15) is 0 Å². The summed E-state index contributed by atoms with van der Waals surface area (Å²) in [5.41, 5.74) is 7.13. The van der Waals surface area contributed by atoms with Gasteiger partial charge in [-0.25, -0.2) is 0 Å². The van der Waals surface area contributed by atoms with Crippen LogP contribution in [-0.4, -0.2) is 35.4 Å². The van der Waals surface area contributed by atoms with Crippen molar-refractivity contribution in [2.24, 2.45) is 17.6 Å². The summed E-state index contributed by atoms with van der Waals surface area (Å²) in [5, 5.41) is 2.90. The van der Waals surface area contributed by atoms with Gasteiger partial charge in [0.15, 0.2) is 0 Å². The Morgan fingerprint density at radius 1 is 1.29 bits per heavy atom. The average molecular weight is 305 g/mol. The molecule has 0 saturated carbocycles. The van der Waals surface area contributed by atoms with Crippen LogP contribution in [0.3, 0.4) is 0 Å². The number of likely N-dealkylation sites (tertiary alicyclic amines) is 1. The van der Waals surface area contributed by atoms with E-state index < -0.39 is 0 Å². The van der Waals surface area contributed by atoms with Crippen LogP contribution in [-0.2, 0) is 4.79 Å². The molecule has 4 nitrogen and oxygen atoms in total. The summed E-state index contributed by atoms with van der Waals surface area (Å²) in [6, 6.07) is 7.29. The maximum absolute atomic E-state index is 12.0. The fraction of sp³-hybridized carbons (Fsp3) is 0.500. The third-order valence-corrected chi connectivity index (χ3v) is 4.41. The Hall–Kier alpha value is -1.46. The zero-order valence-corrected chi connectivity index (χ0v) is 13.5. The molecule has 114 valence electrons. The van der Waals surface area contributed by atoms with Crippen molar-refractivity contribution >= 4 is 28.8 Å². The highest BCUT2D eigenvalue weighted by atomic mass is 32.1. The fourth-order valence-electron chi connectivity index (χ4n) is 2.63. The molecule has 21 heavy (non-hydrogen) atoms. The summed E-state index contributed by atoms with van der Waals surface area (Å²) in [4.78, 5) is 14.7. The van der Waals surface area contributed by atoms with E-state index in [9.17, 15) is 4.79 Å². The van der Waals surface area contributed by atoms with Crippen molar-refractivity contribution in [2.45, 2.75) is 20.3 Å². The number of amides is 1. The summed E-state index contributed by atoms with van der Waals surface area (Å²) in [5.74, 6) is 1.49. The van der Waals surface area contributed by atoms with Crippen molar-refractivity contribution in [2.75, 3.05) is 25.0 Å². The number of rotatable bonds is 5. The molecule has 1 amide bonds. The molecule has 2 unspecified atom stereocenters. The van der Waals surface area contributed by atoms with E-state index in [1.165, 1.54) is 0 Å². The van der Waals surface area contributed by atoms with Crippen LogP contribution in [0.1, 0.15) is 25.8 Å². The number of hydrogen-bond donors (Lipinski definition) is 2. The second kappa shape index (κ2) is 7.00. The van der Waals surface area contributed by atoms with E-state index >= 15 is 0 Å². The van der Waals surface area contributed by atoms with Crippen LogP contribution in [0.15, 0.2) is 24.3 Å². The molecule has 1 aromatic carbocycles. The van der Waals surface area contributed by atoms with E-state index in [4.69, 9.17) is 18.0 Å². The van der Waals surface area contributed by atoms with Gasteiger partial charge in [0, 0.05) is 37.3 Å². The van der Waals surface area contributed by atoms with Gasteiger partial charge in [-0.3, -0.25) is 4.79 Å². The fourth-order valence-corrected chi connectivity index (χ4v) is 2.77. The normalized spacial score (nSPS) is 22.2. The highest BCUT2D eigenvalue weighted by Crippen LogP contribution is 2.22. The molecule has 2 atom stereocenters.